The molecule has 0 amide bonds. The van der Waals surface area contributed by atoms with Crippen molar-refractivity contribution >= 4 is 16.8 Å². The number of para-hydroxylation sites is 1. The van der Waals surface area contributed by atoms with Crippen molar-refractivity contribution in [2.75, 3.05) is 0 Å². The molecule has 0 saturated heterocycles. The molecular weight excluding hydrogens is 162 g/mol. The minimum Gasteiger partial charge on any atom is -0.283 e. The molecule has 0 unspecified atom stereocenters. The molecule has 0 aliphatic heterocycles. The molecule has 0 saturated carbocycles. The van der Waals surface area contributed by atoms with Gasteiger partial charge in [0.1, 0.15) is 0 Å². The third kappa shape index (κ3) is 1.16. The van der Waals surface area contributed by atoms with Gasteiger partial charge in [-0.05, 0) is 12.1 Å². The summed E-state index contributed by atoms with van der Waals surface area (Å²) in [5.41, 5.74) is 0.868. The fourth-order valence-corrected chi connectivity index (χ4v) is 1.29. The van der Waals surface area contributed by atoms with Crippen LogP contribution in [0.3, 0.4) is 0 Å². The smallest absolute Gasteiger partial charge is 0.254 e. The van der Waals surface area contributed by atoms with E-state index in [4.69, 9.17) is 0 Å². The van der Waals surface area contributed by atoms with Crippen LogP contribution >= 0.6 is 0 Å². The molecule has 0 spiro atoms. The minimum atomic E-state index is -0.127. The van der Waals surface area contributed by atoms with Crippen LogP contribution in [-0.2, 0) is 0 Å². The van der Waals surface area contributed by atoms with E-state index >= 15 is 0 Å². The normalized spacial score (nSPS) is 10.2. The Kier molecular flexibility index (Phi) is 1.74. The number of hydrogen-bond donors (Lipinski definition) is 0. The summed E-state index contributed by atoms with van der Waals surface area (Å²) < 4.78 is 1.53. The Labute approximate surface area is 76.1 Å². The highest BCUT2D eigenvalue weighted by Crippen LogP contribution is 2.13. The van der Waals surface area contributed by atoms with Crippen LogP contribution in [0.1, 0.15) is 4.79 Å². The minimum absolute atomic E-state index is 0.127. The largest absolute Gasteiger partial charge is 0.283 e. The molecule has 0 aliphatic carbocycles. The molecule has 2 nitrogen and oxygen atoms in total. The SMILES string of the molecule is C=CC(=O)n1c[c]c2ccccc21. The molecule has 2 rings (SSSR count). The molecule has 2 aromatic rings. The van der Waals surface area contributed by atoms with Crippen LogP contribution in [0, 0.1) is 6.07 Å². The van der Waals surface area contributed by atoms with Gasteiger partial charge in [0.2, 0.25) is 0 Å². The van der Waals surface area contributed by atoms with Gasteiger partial charge >= 0.3 is 0 Å². The third-order valence-electron chi connectivity index (χ3n) is 1.92. The van der Waals surface area contributed by atoms with Gasteiger partial charge in [-0.15, -0.1) is 0 Å². The summed E-state index contributed by atoms with van der Waals surface area (Å²) >= 11 is 0. The monoisotopic (exact) mass is 170 g/mol. The maximum atomic E-state index is 11.3. The number of nitrogens with zero attached hydrogens (tertiary/aromatic N) is 1. The second-order valence-electron chi connectivity index (χ2n) is 2.70. The van der Waals surface area contributed by atoms with Crippen LogP contribution < -0.4 is 0 Å². The zero-order valence-corrected chi connectivity index (χ0v) is 7.03. The van der Waals surface area contributed by atoms with Gasteiger partial charge < -0.3 is 0 Å². The molecular formula is C11H8NO. The van der Waals surface area contributed by atoms with Crippen molar-refractivity contribution in [2.24, 2.45) is 0 Å². The van der Waals surface area contributed by atoms with Gasteiger partial charge in [-0.2, -0.15) is 0 Å². The summed E-state index contributed by atoms with van der Waals surface area (Å²) in [5, 5.41) is 0.942. The van der Waals surface area contributed by atoms with E-state index in [1.165, 1.54) is 10.6 Å². The number of benzene rings is 1. The highest BCUT2D eigenvalue weighted by atomic mass is 16.1. The van der Waals surface area contributed by atoms with Gasteiger partial charge in [-0.1, -0.05) is 24.8 Å². The zero-order valence-electron chi connectivity index (χ0n) is 7.03. The number of rotatable bonds is 1. The molecule has 0 atom stereocenters. The van der Waals surface area contributed by atoms with Crippen LogP contribution in [0.2, 0.25) is 0 Å². The highest BCUT2D eigenvalue weighted by Gasteiger charge is 2.03. The van der Waals surface area contributed by atoms with E-state index in [-0.39, 0.29) is 5.91 Å². The standard InChI is InChI=1S/C11H8NO/c1-2-11(13)12-8-7-9-5-3-4-6-10(9)12/h2-6,8H,1H2. The topological polar surface area (TPSA) is 22.0 Å². The number of allylic oxidation sites excluding steroid dienone is 1. The Morgan fingerprint density at radius 3 is 3.00 bits per heavy atom. The number of carbonyl (C=O) groups excluding carboxylic acids is 1. The molecule has 63 valence electrons. The van der Waals surface area contributed by atoms with Crippen molar-refractivity contribution in [3.63, 3.8) is 0 Å². The van der Waals surface area contributed by atoms with Crippen LogP contribution in [0.15, 0.2) is 43.1 Å². The summed E-state index contributed by atoms with van der Waals surface area (Å²) in [6, 6.07) is 10.6. The Morgan fingerprint density at radius 2 is 2.23 bits per heavy atom. The van der Waals surface area contributed by atoms with Gasteiger partial charge in [-0.25, -0.2) is 0 Å². The molecule has 1 radical (unpaired) electrons. The Balaban J connectivity index is 2.71. The lowest BCUT2D eigenvalue weighted by atomic mass is 10.2. The summed E-state index contributed by atoms with van der Waals surface area (Å²) in [5.74, 6) is -0.127. The first kappa shape index (κ1) is 7.80. The predicted molar refractivity (Wildman–Crippen MR) is 51.6 cm³/mol. The van der Waals surface area contributed by atoms with E-state index in [9.17, 15) is 4.79 Å². The second kappa shape index (κ2) is 2.90. The predicted octanol–water partition coefficient (Wildman–Crippen LogP) is 2.27. The van der Waals surface area contributed by atoms with Crippen molar-refractivity contribution in [3.05, 3.63) is 49.2 Å². The van der Waals surface area contributed by atoms with E-state index in [0.29, 0.717) is 0 Å². The molecule has 1 aromatic heterocycles. The van der Waals surface area contributed by atoms with Crippen molar-refractivity contribution in [2.45, 2.75) is 0 Å². The first-order valence-corrected chi connectivity index (χ1v) is 3.97. The number of hydrogen-bond acceptors (Lipinski definition) is 1. The van der Waals surface area contributed by atoms with Gasteiger partial charge in [0, 0.05) is 17.6 Å². The molecule has 13 heavy (non-hydrogen) atoms. The van der Waals surface area contributed by atoms with E-state index in [1.54, 1.807) is 6.20 Å². The average Bonchev–Trinajstić information content (AvgIpc) is 2.60. The summed E-state index contributed by atoms with van der Waals surface area (Å²) in [6.07, 6.45) is 2.93. The van der Waals surface area contributed by atoms with Crippen molar-refractivity contribution in [1.29, 1.82) is 0 Å². The summed E-state index contributed by atoms with van der Waals surface area (Å²) in [7, 11) is 0. The van der Waals surface area contributed by atoms with Crippen molar-refractivity contribution in [3.8, 4) is 0 Å². The molecule has 0 fully saturated rings. The van der Waals surface area contributed by atoms with Gasteiger partial charge in [-0.3, -0.25) is 9.36 Å². The fourth-order valence-electron chi connectivity index (χ4n) is 1.29. The first-order chi connectivity index (χ1) is 6.33. The van der Waals surface area contributed by atoms with Crippen LogP contribution in [-0.4, -0.2) is 10.5 Å². The van der Waals surface area contributed by atoms with E-state index < -0.39 is 0 Å². The Morgan fingerprint density at radius 1 is 1.46 bits per heavy atom. The molecule has 0 aliphatic rings. The highest BCUT2D eigenvalue weighted by molar-refractivity contribution is 5.97. The lowest BCUT2D eigenvalue weighted by molar-refractivity contribution is 0.0974. The Hall–Kier alpha value is -1.83. The Bertz CT molecular complexity index is 468. The number of aromatic nitrogens is 1. The first-order valence-electron chi connectivity index (χ1n) is 3.97. The van der Waals surface area contributed by atoms with Crippen molar-refractivity contribution < 1.29 is 4.79 Å². The lowest BCUT2D eigenvalue weighted by Crippen LogP contribution is -2.04. The average molecular weight is 170 g/mol. The molecule has 0 N–H and O–H groups in total. The number of fused-ring (bicyclic) bond motifs is 1. The van der Waals surface area contributed by atoms with Gasteiger partial charge in [0.05, 0.1) is 5.52 Å². The van der Waals surface area contributed by atoms with Crippen LogP contribution in [0.5, 0.6) is 0 Å². The van der Waals surface area contributed by atoms with Gasteiger partial charge in [0.15, 0.2) is 0 Å². The van der Waals surface area contributed by atoms with Crippen LogP contribution in [0.4, 0.5) is 0 Å². The lowest BCUT2D eigenvalue weighted by Gasteiger charge is -1.97. The van der Waals surface area contributed by atoms with Gasteiger partial charge in [0.25, 0.3) is 5.91 Å². The maximum absolute atomic E-state index is 11.3. The quantitative estimate of drug-likeness (QED) is 0.602. The molecule has 1 aromatic carbocycles. The zero-order chi connectivity index (χ0) is 9.26. The van der Waals surface area contributed by atoms with E-state index in [2.05, 4.69) is 12.6 Å². The molecule has 2 heteroatoms. The number of carbonyl (C=O) groups is 1. The van der Waals surface area contributed by atoms with Crippen LogP contribution in [0.25, 0.3) is 10.9 Å². The molecule has 1 heterocycles. The fraction of sp³-hybridized carbons (Fsp3) is 0. The van der Waals surface area contributed by atoms with Crippen molar-refractivity contribution in [1.82, 2.24) is 4.57 Å². The van der Waals surface area contributed by atoms with E-state index in [1.807, 2.05) is 24.3 Å². The summed E-state index contributed by atoms with van der Waals surface area (Å²) in [4.78, 5) is 11.3. The summed E-state index contributed by atoms with van der Waals surface area (Å²) in [6.45, 7) is 3.44. The maximum Gasteiger partial charge on any atom is 0.254 e. The second-order valence-corrected chi connectivity index (χ2v) is 2.70. The van der Waals surface area contributed by atoms with E-state index in [0.717, 1.165) is 10.9 Å². The third-order valence-corrected chi connectivity index (χ3v) is 1.92. The molecule has 0 bridgehead atoms.